The van der Waals surface area contributed by atoms with Crippen molar-refractivity contribution in [3.05, 3.63) is 116 Å². The number of nitrogens with zero attached hydrogens (tertiary/aromatic N) is 2. The van der Waals surface area contributed by atoms with Crippen LogP contribution in [-0.4, -0.2) is 5.78 Å². The maximum Gasteiger partial charge on any atom is 0.161 e. The third kappa shape index (κ3) is 4.89. The number of hydrogen-bond donors (Lipinski definition) is 1. The molecule has 0 amide bonds. The lowest BCUT2D eigenvalue weighted by Crippen LogP contribution is -2.39. The van der Waals surface area contributed by atoms with Crippen LogP contribution in [0.25, 0.3) is 0 Å². The zero-order chi connectivity index (χ0) is 28.6. The maximum atomic E-state index is 13.7. The lowest BCUT2D eigenvalue weighted by atomic mass is 9.74. The Morgan fingerprint density at radius 1 is 1.02 bits per heavy atom. The van der Waals surface area contributed by atoms with Gasteiger partial charge in [0, 0.05) is 22.7 Å². The van der Waals surface area contributed by atoms with E-state index in [1.54, 1.807) is 0 Å². The van der Waals surface area contributed by atoms with Gasteiger partial charge in [0.15, 0.2) is 5.78 Å². The highest BCUT2D eigenvalue weighted by molar-refractivity contribution is 6.30. The quantitative estimate of drug-likeness (QED) is 0.339. The number of carbonyl (C=O) groups excluding carboxylic acids is 1. The van der Waals surface area contributed by atoms with E-state index in [9.17, 15) is 10.1 Å². The van der Waals surface area contributed by atoms with Gasteiger partial charge in [-0.2, -0.15) is 5.26 Å². The van der Waals surface area contributed by atoms with Crippen molar-refractivity contribution in [3.8, 4) is 11.8 Å². The maximum absolute atomic E-state index is 13.7. The van der Waals surface area contributed by atoms with E-state index in [4.69, 9.17) is 22.1 Å². The van der Waals surface area contributed by atoms with Crippen molar-refractivity contribution < 1.29 is 9.53 Å². The standard InChI is InChI=1S/C34H34ClN3O2/c1-5-23-9-6-7-10-28(23)38-29-11-8-12-30(39)33(29)32(27(18-36)34(38)37)26-17-24(20(2)15-21(26)3)19-40-31-14-13-25(35)16-22(31)4/h6-7,9-10,13-17,32H,5,8,11-12,19,37H2,1-4H3. The van der Waals surface area contributed by atoms with Crippen LogP contribution in [0.2, 0.25) is 5.02 Å². The molecule has 0 radical (unpaired) electrons. The molecular formula is C34H34ClN3O2. The molecule has 5 rings (SSSR count). The Bertz CT molecular complexity index is 1610. The smallest absolute Gasteiger partial charge is 0.161 e. The van der Waals surface area contributed by atoms with E-state index in [0.29, 0.717) is 35.0 Å². The van der Waals surface area contributed by atoms with Crippen molar-refractivity contribution in [2.24, 2.45) is 5.73 Å². The third-order valence-electron chi connectivity index (χ3n) is 8.08. The van der Waals surface area contributed by atoms with Gasteiger partial charge >= 0.3 is 0 Å². The molecule has 2 N–H and O–H groups in total. The van der Waals surface area contributed by atoms with Crippen molar-refractivity contribution in [3.63, 3.8) is 0 Å². The highest BCUT2D eigenvalue weighted by Gasteiger charge is 2.41. The number of hydrogen-bond acceptors (Lipinski definition) is 5. The monoisotopic (exact) mass is 551 g/mol. The minimum absolute atomic E-state index is 0.0834. The van der Waals surface area contributed by atoms with Crippen molar-refractivity contribution >= 4 is 23.1 Å². The molecule has 1 aliphatic heterocycles. The molecule has 0 saturated carbocycles. The molecule has 1 heterocycles. The molecule has 2 aliphatic rings. The number of aryl methyl sites for hydroxylation is 4. The molecule has 204 valence electrons. The second-order valence-electron chi connectivity index (χ2n) is 10.6. The average molecular weight is 552 g/mol. The fraction of sp³-hybridized carbons (Fsp3) is 0.294. The van der Waals surface area contributed by atoms with E-state index < -0.39 is 5.92 Å². The molecule has 0 spiro atoms. The number of ether oxygens (including phenoxy) is 1. The summed E-state index contributed by atoms with van der Waals surface area (Å²) in [4.78, 5) is 15.6. The summed E-state index contributed by atoms with van der Waals surface area (Å²) >= 11 is 6.12. The second kappa shape index (κ2) is 11.2. The lowest BCUT2D eigenvalue weighted by Gasteiger charge is -2.40. The van der Waals surface area contributed by atoms with Crippen LogP contribution in [0, 0.1) is 32.1 Å². The summed E-state index contributed by atoms with van der Waals surface area (Å²) in [6.45, 7) is 8.51. The Labute approximate surface area is 241 Å². The molecule has 0 aromatic heterocycles. The number of rotatable bonds is 6. The Morgan fingerprint density at radius 3 is 2.52 bits per heavy atom. The fourth-order valence-electron chi connectivity index (χ4n) is 6.01. The lowest BCUT2D eigenvalue weighted by molar-refractivity contribution is -0.116. The molecule has 40 heavy (non-hydrogen) atoms. The van der Waals surface area contributed by atoms with Gasteiger partial charge in [-0.05, 0) is 97.7 Å². The summed E-state index contributed by atoms with van der Waals surface area (Å²) in [7, 11) is 0. The summed E-state index contributed by atoms with van der Waals surface area (Å²) in [6.07, 6.45) is 2.77. The van der Waals surface area contributed by atoms with Crippen LogP contribution >= 0.6 is 11.6 Å². The van der Waals surface area contributed by atoms with Gasteiger partial charge in [-0.3, -0.25) is 9.69 Å². The molecule has 3 aromatic rings. The third-order valence-corrected chi connectivity index (χ3v) is 8.32. The van der Waals surface area contributed by atoms with Gasteiger partial charge in [-0.15, -0.1) is 0 Å². The highest BCUT2D eigenvalue weighted by atomic mass is 35.5. The Kier molecular flexibility index (Phi) is 7.74. The van der Waals surface area contributed by atoms with E-state index in [1.165, 1.54) is 0 Å². The van der Waals surface area contributed by atoms with E-state index in [1.807, 2.05) is 55.1 Å². The van der Waals surface area contributed by atoms with Crippen LogP contribution in [0.15, 0.2) is 77.3 Å². The number of halogens is 1. The normalized spacial score (nSPS) is 17.1. The number of ketones is 1. The minimum atomic E-state index is -0.519. The van der Waals surface area contributed by atoms with Gasteiger partial charge in [0.1, 0.15) is 18.2 Å². The molecule has 5 nitrogen and oxygen atoms in total. The van der Waals surface area contributed by atoms with Crippen molar-refractivity contribution in [1.82, 2.24) is 0 Å². The number of allylic oxidation sites excluding steroid dienone is 3. The molecule has 3 aromatic carbocycles. The van der Waals surface area contributed by atoms with Crippen LogP contribution in [0.3, 0.4) is 0 Å². The highest BCUT2D eigenvalue weighted by Crippen LogP contribution is 2.47. The van der Waals surface area contributed by atoms with E-state index in [2.05, 4.69) is 38.1 Å². The summed E-state index contributed by atoms with van der Waals surface area (Å²) < 4.78 is 6.20. The first-order chi connectivity index (χ1) is 19.2. The predicted molar refractivity (Wildman–Crippen MR) is 160 cm³/mol. The fourth-order valence-corrected chi connectivity index (χ4v) is 6.24. The summed E-state index contributed by atoms with van der Waals surface area (Å²) in [6, 6.07) is 20.3. The average Bonchev–Trinajstić information content (AvgIpc) is 2.93. The van der Waals surface area contributed by atoms with E-state index >= 15 is 0 Å². The number of carbonyl (C=O) groups is 1. The zero-order valence-electron chi connectivity index (χ0n) is 23.5. The number of nitriles is 1. The number of nitrogens with two attached hydrogens (primary N) is 1. The van der Waals surface area contributed by atoms with Gasteiger partial charge in [-0.1, -0.05) is 48.9 Å². The van der Waals surface area contributed by atoms with Crippen LogP contribution in [0.5, 0.6) is 5.75 Å². The molecule has 0 fully saturated rings. The molecule has 0 bridgehead atoms. The summed E-state index contributed by atoms with van der Waals surface area (Å²) in [5.74, 6) is 0.731. The van der Waals surface area contributed by atoms with Crippen molar-refractivity contribution in [1.29, 1.82) is 5.26 Å². The number of anilines is 1. The Morgan fingerprint density at radius 2 is 1.80 bits per heavy atom. The Balaban J connectivity index is 1.63. The van der Waals surface area contributed by atoms with E-state index in [-0.39, 0.29) is 5.78 Å². The van der Waals surface area contributed by atoms with Crippen LogP contribution in [0.4, 0.5) is 5.69 Å². The molecular weight excluding hydrogens is 518 g/mol. The van der Waals surface area contributed by atoms with Gasteiger partial charge < -0.3 is 10.5 Å². The number of para-hydroxylation sites is 1. The van der Waals surface area contributed by atoms with Gasteiger partial charge in [-0.25, -0.2) is 0 Å². The van der Waals surface area contributed by atoms with Gasteiger partial charge in [0.25, 0.3) is 0 Å². The first-order valence-corrected chi connectivity index (χ1v) is 14.2. The van der Waals surface area contributed by atoms with Crippen molar-refractivity contribution in [2.75, 3.05) is 4.90 Å². The zero-order valence-corrected chi connectivity index (χ0v) is 24.2. The molecule has 0 saturated heterocycles. The van der Waals surface area contributed by atoms with E-state index in [0.717, 1.165) is 69.8 Å². The van der Waals surface area contributed by atoms with Crippen LogP contribution < -0.4 is 15.4 Å². The Hall–Kier alpha value is -4.01. The second-order valence-corrected chi connectivity index (χ2v) is 11.1. The first kappa shape index (κ1) is 27.6. The summed E-state index contributed by atoms with van der Waals surface area (Å²) in [5, 5.41) is 11.2. The van der Waals surface area contributed by atoms with Gasteiger partial charge in [0.05, 0.1) is 23.2 Å². The predicted octanol–water partition coefficient (Wildman–Crippen LogP) is 7.71. The largest absolute Gasteiger partial charge is 0.489 e. The van der Waals surface area contributed by atoms with Crippen LogP contribution in [-0.2, 0) is 17.8 Å². The van der Waals surface area contributed by atoms with Crippen molar-refractivity contribution in [2.45, 2.75) is 65.9 Å². The number of benzene rings is 3. The minimum Gasteiger partial charge on any atom is -0.489 e. The molecule has 1 atom stereocenters. The SMILES string of the molecule is CCc1ccccc1N1C(N)=C(C#N)C(c2cc(COc3ccc(Cl)cc3C)c(C)cc2C)C2=C1CCCC2=O. The molecule has 1 unspecified atom stereocenters. The first-order valence-electron chi connectivity index (χ1n) is 13.8. The molecule has 1 aliphatic carbocycles. The van der Waals surface area contributed by atoms with Crippen LogP contribution in [0.1, 0.15) is 65.5 Å². The molecule has 6 heteroatoms. The topological polar surface area (TPSA) is 79.3 Å². The number of Topliss-reactive ketones (excluding diaryl/α,β-unsaturated/α-hetero) is 1. The summed E-state index contributed by atoms with van der Waals surface area (Å²) in [5.41, 5.74) is 15.9. The van der Waals surface area contributed by atoms with Gasteiger partial charge in [0.2, 0.25) is 0 Å².